The SMILES string of the molecule is O=C(c1ccccc1)C(c1ccccc1)C(C(=O)c1ccccc1)N1CCOCC1. The molecule has 3 aromatic carbocycles. The highest BCUT2D eigenvalue weighted by molar-refractivity contribution is 6.09. The van der Waals surface area contributed by atoms with Gasteiger partial charge in [-0.3, -0.25) is 14.5 Å². The maximum absolute atomic E-state index is 13.8. The molecule has 4 rings (SSSR count). The van der Waals surface area contributed by atoms with Gasteiger partial charge in [0.1, 0.15) is 0 Å². The lowest BCUT2D eigenvalue weighted by Gasteiger charge is -2.38. The number of hydrogen-bond acceptors (Lipinski definition) is 4. The van der Waals surface area contributed by atoms with Crippen molar-refractivity contribution in [3.05, 3.63) is 108 Å². The molecule has 30 heavy (non-hydrogen) atoms. The maximum Gasteiger partial charge on any atom is 0.181 e. The van der Waals surface area contributed by atoms with Crippen molar-refractivity contribution < 1.29 is 14.3 Å². The summed E-state index contributed by atoms with van der Waals surface area (Å²) < 4.78 is 5.53. The number of carbonyl (C=O) groups excluding carboxylic acids is 2. The van der Waals surface area contributed by atoms with E-state index >= 15 is 0 Å². The van der Waals surface area contributed by atoms with Gasteiger partial charge in [-0.2, -0.15) is 0 Å². The molecule has 0 spiro atoms. The van der Waals surface area contributed by atoms with Gasteiger partial charge in [-0.15, -0.1) is 0 Å². The zero-order chi connectivity index (χ0) is 20.8. The minimum Gasteiger partial charge on any atom is -0.379 e. The topological polar surface area (TPSA) is 46.6 Å². The van der Waals surface area contributed by atoms with Gasteiger partial charge >= 0.3 is 0 Å². The first-order valence-electron chi connectivity index (χ1n) is 10.3. The highest BCUT2D eigenvalue weighted by Gasteiger charge is 2.40. The van der Waals surface area contributed by atoms with Crippen LogP contribution in [0, 0.1) is 0 Å². The number of Topliss-reactive ketones (excluding diaryl/α,β-unsaturated/α-hetero) is 2. The summed E-state index contributed by atoms with van der Waals surface area (Å²) in [6, 6.07) is 27.6. The summed E-state index contributed by atoms with van der Waals surface area (Å²) in [5.41, 5.74) is 2.09. The Morgan fingerprint density at radius 3 is 1.67 bits per heavy atom. The van der Waals surface area contributed by atoms with Gasteiger partial charge in [0.2, 0.25) is 0 Å². The van der Waals surface area contributed by atoms with Crippen LogP contribution in [0.5, 0.6) is 0 Å². The van der Waals surface area contributed by atoms with E-state index in [1.807, 2.05) is 91.0 Å². The molecular weight excluding hydrogens is 374 g/mol. The van der Waals surface area contributed by atoms with Gasteiger partial charge in [0, 0.05) is 24.2 Å². The van der Waals surface area contributed by atoms with E-state index in [-0.39, 0.29) is 11.6 Å². The lowest BCUT2D eigenvalue weighted by Crippen LogP contribution is -2.52. The lowest BCUT2D eigenvalue weighted by molar-refractivity contribution is 0.0126. The summed E-state index contributed by atoms with van der Waals surface area (Å²) in [5.74, 6) is -0.669. The Labute approximate surface area is 177 Å². The van der Waals surface area contributed by atoms with E-state index in [9.17, 15) is 9.59 Å². The summed E-state index contributed by atoms with van der Waals surface area (Å²) >= 11 is 0. The summed E-state index contributed by atoms with van der Waals surface area (Å²) in [5, 5.41) is 0. The molecule has 4 heteroatoms. The van der Waals surface area contributed by atoms with Gasteiger partial charge in [-0.25, -0.2) is 0 Å². The van der Waals surface area contributed by atoms with E-state index in [1.165, 1.54) is 0 Å². The first kappa shape index (κ1) is 20.2. The first-order valence-corrected chi connectivity index (χ1v) is 10.3. The Hall–Kier alpha value is -3.08. The van der Waals surface area contributed by atoms with E-state index in [0.29, 0.717) is 37.4 Å². The van der Waals surface area contributed by atoms with E-state index in [1.54, 1.807) is 0 Å². The first-order chi connectivity index (χ1) is 14.8. The smallest absolute Gasteiger partial charge is 0.181 e. The molecule has 0 saturated carbocycles. The molecule has 2 atom stereocenters. The number of benzene rings is 3. The van der Waals surface area contributed by atoms with Gasteiger partial charge in [0.05, 0.1) is 25.2 Å². The van der Waals surface area contributed by atoms with Gasteiger partial charge in [-0.1, -0.05) is 91.0 Å². The molecular formula is C26H25NO3. The third-order valence-corrected chi connectivity index (χ3v) is 5.58. The van der Waals surface area contributed by atoms with Gasteiger partial charge in [-0.05, 0) is 5.56 Å². The van der Waals surface area contributed by atoms with Crippen molar-refractivity contribution in [1.82, 2.24) is 4.90 Å². The number of ether oxygens (including phenoxy) is 1. The Kier molecular flexibility index (Phi) is 6.47. The molecule has 2 unspecified atom stereocenters. The molecule has 1 aliphatic rings. The van der Waals surface area contributed by atoms with Crippen LogP contribution in [-0.2, 0) is 4.74 Å². The van der Waals surface area contributed by atoms with Crippen LogP contribution in [0.1, 0.15) is 32.2 Å². The predicted octanol–water partition coefficient (Wildman–Crippen LogP) is 4.24. The predicted molar refractivity (Wildman–Crippen MR) is 117 cm³/mol. The molecule has 152 valence electrons. The highest BCUT2D eigenvalue weighted by atomic mass is 16.5. The van der Waals surface area contributed by atoms with Crippen molar-refractivity contribution in [2.45, 2.75) is 12.0 Å². The van der Waals surface area contributed by atoms with Crippen molar-refractivity contribution >= 4 is 11.6 Å². The second kappa shape index (κ2) is 9.61. The molecule has 0 aromatic heterocycles. The van der Waals surface area contributed by atoms with Crippen LogP contribution in [0.25, 0.3) is 0 Å². The third-order valence-electron chi connectivity index (χ3n) is 5.58. The van der Waals surface area contributed by atoms with Crippen molar-refractivity contribution in [2.75, 3.05) is 26.3 Å². The molecule has 0 aliphatic carbocycles. The number of nitrogens with zero attached hydrogens (tertiary/aromatic N) is 1. The molecule has 1 fully saturated rings. The minimum atomic E-state index is -0.598. The number of hydrogen-bond donors (Lipinski definition) is 0. The standard InChI is InChI=1S/C26H25NO3/c28-25(21-12-6-2-7-13-21)23(20-10-4-1-5-11-20)24(27-16-18-30-19-17-27)26(29)22-14-8-3-9-15-22/h1-15,23-24H,16-19H2. The monoisotopic (exact) mass is 399 g/mol. The molecule has 1 aliphatic heterocycles. The fourth-order valence-corrected chi connectivity index (χ4v) is 4.08. The van der Waals surface area contributed by atoms with Gasteiger partial charge in [0.25, 0.3) is 0 Å². The molecule has 4 nitrogen and oxygen atoms in total. The van der Waals surface area contributed by atoms with E-state index < -0.39 is 12.0 Å². The number of morpholine rings is 1. The van der Waals surface area contributed by atoms with E-state index in [0.717, 1.165) is 5.56 Å². The van der Waals surface area contributed by atoms with Gasteiger partial charge < -0.3 is 4.74 Å². The lowest BCUT2D eigenvalue weighted by atomic mass is 9.80. The van der Waals surface area contributed by atoms with Crippen LogP contribution < -0.4 is 0 Å². The number of ketones is 2. The van der Waals surface area contributed by atoms with E-state index in [2.05, 4.69) is 4.90 Å². The van der Waals surface area contributed by atoms with Crippen LogP contribution in [-0.4, -0.2) is 48.8 Å². The maximum atomic E-state index is 13.8. The second-order valence-electron chi connectivity index (χ2n) is 7.44. The average molecular weight is 399 g/mol. The number of rotatable bonds is 7. The van der Waals surface area contributed by atoms with Crippen molar-refractivity contribution in [3.8, 4) is 0 Å². The summed E-state index contributed by atoms with van der Waals surface area (Å²) in [6.45, 7) is 2.35. The van der Waals surface area contributed by atoms with Crippen molar-refractivity contribution in [1.29, 1.82) is 0 Å². The normalized spacial score (nSPS) is 16.5. The minimum absolute atomic E-state index is 0.0318. The van der Waals surface area contributed by atoms with Crippen LogP contribution in [0.4, 0.5) is 0 Å². The highest BCUT2D eigenvalue weighted by Crippen LogP contribution is 2.31. The van der Waals surface area contributed by atoms with Crippen LogP contribution in [0.3, 0.4) is 0 Å². The van der Waals surface area contributed by atoms with Crippen LogP contribution >= 0.6 is 0 Å². The van der Waals surface area contributed by atoms with Gasteiger partial charge in [0.15, 0.2) is 11.6 Å². The summed E-state index contributed by atoms with van der Waals surface area (Å²) in [6.07, 6.45) is 0. The molecule has 0 N–H and O–H groups in total. The largest absolute Gasteiger partial charge is 0.379 e. The molecule has 0 bridgehead atoms. The van der Waals surface area contributed by atoms with Crippen molar-refractivity contribution in [2.24, 2.45) is 0 Å². The molecule has 0 radical (unpaired) electrons. The third kappa shape index (κ3) is 4.40. The second-order valence-corrected chi connectivity index (χ2v) is 7.44. The molecule has 1 heterocycles. The Bertz CT molecular complexity index is 967. The molecule has 0 amide bonds. The Morgan fingerprint density at radius 1 is 0.667 bits per heavy atom. The van der Waals surface area contributed by atoms with Crippen molar-refractivity contribution in [3.63, 3.8) is 0 Å². The average Bonchev–Trinajstić information content (AvgIpc) is 2.84. The van der Waals surface area contributed by atoms with Crippen LogP contribution in [0.2, 0.25) is 0 Å². The van der Waals surface area contributed by atoms with Crippen LogP contribution in [0.15, 0.2) is 91.0 Å². The quantitative estimate of drug-likeness (QED) is 0.558. The molecule has 3 aromatic rings. The summed E-state index contributed by atoms with van der Waals surface area (Å²) in [7, 11) is 0. The Balaban J connectivity index is 1.82. The number of carbonyl (C=O) groups is 2. The summed E-state index contributed by atoms with van der Waals surface area (Å²) in [4.78, 5) is 29.6. The fraction of sp³-hybridized carbons (Fsp3) is 0.231. The van der Waals surface area contributed by atoms with E-state index in [4.69, 9.17) is 4.74 Å². The fourth-order valence-electron chi connectivity index (χ4n) is 4.08. The zero-order valence-corrected chi connectivity index (χ0v) is 16.8. The zero-order valence-electron chi connectivity index (χ0n) is 16.8. The Morgan fingerprint density at radius 2 is 1.13 bits per heavy atom. The molecule has 1 saturated heterocycles.